The van der Waals surface area contributed by atoms with Crippen molar-refractivity contribution in [3.05, 3.63) is 16.6 Å². The van der Waals surface area contributed by atoms with Crippen molar-refractivity contribution in [2.45, 2.75) is 38.6 Å². The van der Waals surface area contributed by atoms with E-state index in [1.807, 2.05) is 11.6 Å². The molecular formula is C11H17N3S. The van der Waals surface area contributed by atoms with Gasteiger partial charge in [-0.1, -0.05) is 19.3 Å². The number of thiazole rings is 1. The number of aliphatic imine (C=N–C) groups is 1. The van der Waals surface area contributed by atoms with Crippen LogP contribution >= 0.6 is 11.3 Å². The van der Waals surface area contributed by atoms with Crippen molar-refractivity contribution in [2.75, 3.05) is 0 Å². The van der Waals surface area contributed by atoms with Gasteiger partial charge in [-0.25, -0.2) is 4.98 Å². The third kappa shape index (κ3) is 3.02. The van der Waals surface area contributed by atoms with Crippen molar-refractivity contribution in [3.63, 3.8) is 0 Å². The molecule has 15 heavy (non-hydrogen) atoms. The first-order valence-corrected chi connectivity index (χ1v) is 6.42. The van der Waals surface area contributed by atoms with E-state index in [9.17, 15) is 0 Å². The lowest BCUT2D eigenvalue weighted by Gasteiger charge is -2.20. The van der Waals surface area contributed by atoms with E-state index in [1.54, 1.807) is 11.3 Å². The molecule has 1 saturated carbocycles. The molecular weight excluding hydrogens is 206 g/mol. The lowest BCUT2D eigenvalue weighted by molar-refractivity contribution is 0.436. The van der Waals surface area contributed by atoms with E-state index in [0.717, 1.165) is 10.8 Å². The lowest BCUT2D eigenvalue weighted by atomic mass is 9.88. The monoisotopic (exact) mass is 223 g/mol. The number of amidine groups is 1. The number of hydrogen-bond acceptors (Lipinski definition) is 3. The Kier molecular flexibility index (Phi) is 3.72. The highest BCUT2D eigenvalue weighted by atomic mass is 32.1. The Morgan fingerprint density at radius 1 is 1.47 bits per heavy atom. The summed E-state index contributed by atoms with van der Waals surface area (Å²) in [5.74, 6) is 1.36. The molecule has 0 spiro atoms. The molecule has 0 bridgehead atoms. The molecule has 1 heterocycles. The highest BCUT2D eigenvalue weighted by molar-refractivity contribution is 7.09. The zero-order chi connectivity index (χ0) is 10.5. The van der Waals surface area contributed by atoms with E-state index in [0.29, 0.717) is 12.5 Å². The number of aromatic nitrogens is 1. The lowest BCUT2D eigenvalue weighted by Crippen LogP contribution is -2.25. The van der Waals surface area contributed by atoms with Gasteiger partial charge in [-0.05, 0) is 12.8 Å². The van der Waals surface area contributed by atoms with Crippen molar-refractivity contribution in [2.24, 2.45) is 16.6 Å². The summed E-state index contributed by atoms with van der Waals surface area (Å²) >= 11 is 1.64. The molecule has 4 heteroatoms. The zero-order valence-corrected chi connectivity index (χ0v) is 9.67. The molecule has 0 saturated heterocycles. The Labute approximate surface area is 94.4 Å². The molecule has 1 aromatic rings. The molecule has 1 aliphatic rings. The Balaban J connectivity index is 1.88. The average Bonchev–Trinajstić information content (AvgIpc) is 2.80. The standard InChI is InChI=1S/C11H17N3S/c12-11(9-4-2-1-3-5-9)14-8-10-13-6-7-15-10/h6-7,9H,1-5,8H2,(H2,12,14). The fraction of sp³-hybridized carbons (Fsp3) is 0.636. The molecule has 2 N–H and O–H groups in total. The summed E-state index contributed by atoms with van der Waals surface area (Å²) < 4.78 is 0. The normalized spacial score (nSPS) is 19.3. The average molecular weight is 223 g/mol. The SMILES string of the molecule is NC(=NCc1nccs1)C1CCCCC1. The Morgan fingerprint density at radius 2 is 2.27 bits per heavy atom. The molecule has 0 radical (unpaired) electrons. The van der Waals surface area contributed by atoms with Crippen LogP contribution in [0.15, 0.2) is 16.6 Å². The van der Waals surface area contributed by atoms with Crippen LogP contribution in [0.3, 0.4) is 0 Å². The van der Waals surface area contributed by atoms with Crippen LogP contribution in [0.25, 0.3) is 0 Å². The second-order valence-electron chi connectivity index (χ2n) is 4.00. The molecule has 0 amide bonds. The van der Waals surface area contributed by atoms with Gasteiger partial charge in [-0.3, -0.25) is 4.99 Å². The molecule has 82 valence electrons. The van der Waals surface area contributed by atoms with Crippen LogP contribution in [0.2, 0.25) is 0 Å². The maximum atomic E-state index is 5.99. The van der Waals surface area contributed by atoms with Gasteiger partial charge in [0.2, 0.25) is 0 Å². The van der Waals surface area contributed by atoms with Gasteiger partial charge in [0.1, 0.15) is 5.01 Å². The van der Waals surface area contributed by atoms with E-state index in [2.05, 4.69) is 9.98 Å². The summed E-state index contributed by atoms with van der Waals surface area (Å²) in [7, 11) is 0. The van der Waals surface area contributed by atoms with E-state index in [1.165, 1.54) is 32.1 Å². The van der Waals surface area contributed by atoms with Gasteiger partial charge >= 0.3 is 0 Å². The maximum absolute atomic E-state index is 5.99. The van der Waals surface area contributed by atoms with Crippen LogP contribution in [0, 0.1) is 5.92 Å². The van der Waals surface area contributed by atoms with Gasteiger partial charge in [0.25, 0.3) is 0 Å². The Hall–Kier alpha value is -0.900. The van der Waals surface area contributed by atoms with Crippen molar-refractivity contribution >= 4 is 17.2 Å². The minimum absolute atomic E-state index is 0.527. The Bertz CT molecular complexity index is 313. The second-order valence-corrected chi connectivity index (χ2v) is 4.98. The van der Waals surface area contributed by atoms with Crippen molar-refractivity contribution in [1.29, 1.82) is 0 Å². The van der Waals surface area contributed by atoms with Gasteiger partial charge < -0.3 is 5.73 Å². The summed E-state index contributed by atoms with van der Waals surface area (Å²) in [5.41, 5.74) is 5.99. The fourth-order valence-corrected chi connectivity index (χ4v) is 2.56. The van der Waals surface area contributed by atoms with Crippen LogP contribution in [0.5, 0.6) is 0 Å². The van der Waals surface area contributed by atoms with Gasteiger partial charge in [0.15, 0.2) is 0 Å². The number of nitrogens with zero attached hydrogens (tertiary/aromatic N) is 2. The summed E-state index contributed by atoms with van der Waals surface area (Å²) in [6.45, 7) is 0.653. The first-order chi connectivity index (χ1) is 7.36. The van der Waals surface area contributed by atoms with Crippen molar-refractivity contribution in [3.8, 4) is 0 Å². The smallest absolute Gasteiger partial charge is 0.114 e. The molecule has 0 aromatic carbocycles. The molecule has 1 aromatic heterocycles. The molecule has 0 aliphatic heterocycles. The molecule has 0 unspecified atom stereocenters. The van der Waals surface area contributed by atoms with E-state index in [-0.39, 0.29) is 0 Å². The van der Waals surface area contributed by atoms with Gasteiger partial charge in [-0.15, -0.1) is 11.3 Å². The highest BCUT2D eigenvalue weighted by Crippen LogP contribution is 2.23. The number of rotatable bonds is 3. The minimum atomic E-state index is 0.527. The second kappa shape index (κ2) is 5.26. The van der Waals surface area contributed by atoms with Crippen molar-refractivity contribution < 1.29 is 0 Å². The molecule has 1 fully saturated rings. The van der Waals surface area contributed by atoms with E-state index < -0.39 is 0 Å². The quantitative estimate of drug-likeness (QED) is 0.632. The largest absolute Gasteiger partial charge is 0.387 e. The summed E-state index contributed by atoms with van der Waals surface area (Å²) in [4.78, 5) is 8.62. The van der Waals surface area contributed by atoms with Crippen LogP contribution < -0.4 is 5.73 Å². The minimum Gasteiger partial charge on any atom is -0.387 e. The van der Waals surface area contributed by atoms with Crippen LogP contribution in [-0.4, -0.2) is 10.8 Å². The van der Waals surface area contributed by atoms with Crippen LogP contribution in [0.4, 0.5) is 0 Å². The van der Waals surface area contributed by atoms with Crippen LogP contribution in [0.1, 0.15) is 37.1 Å². The predicted octanol–water partition coefficient (Wildman–Crippen LogP) is 2.58. The first-order valence-electron chi connectivity index (χ1n) is 5.54. The number of hydrogen-bond donors (Lipinski definition) is 1. The topological polar surface area (TPSA) is 51.3 Å². The van der Waals surface area contributed by atoms with Gasteiger partial charge in [-0.2, -0.15) is 0 Å². The Morgan fingerprint density at radius 3 is 2.93 bits per heavy atom. The summed E-state index contributed by atoms with van der Waals surface area (Å²) in [5, 5.41) is 3.02. The van der Waals surface area contributed by atoms with Crippen LogP contribution in [-0.2, 0) is 6.54 Å². The summed E-state index contributed by atoms with van der Waals surface area (Å²) in [6.07, 6.45) is 8.21. The van der Waals surface area contributed by atoms with Gasteiger partial charge in [0.05, 0.1) is 12.4 Å². The molecule has 0 atom stereocenters. The molecule has 2 rings (SSSR count). The molecule has 1 aliphatic carbocycles. The van der Waals surface area contributed by atoms with E-state index in [4.69, 9.17) is 5.73 Å². The van der Waals surface area contributed by atoms with Crippen molar-refractivity contribution in [1.82, 2.24) is 4.98 Å². The maximum Gasteiger partial charge on any atom is 0.114 e. The molecule has 3 nitrogen and oxygen atoms in total. The summed E-state index contributed by atoms with van der Waals surface area (Å²) in [6, 6.07) is 0. The first kappa shape index (κ1) is 10.6. The predicted molar refractivity (Wildman–Crippen MR) is 64.0 cm³/mol. The third-order valence-corrected chi connectivity index (χ3v) is 3.67. The third-order valence-electron chi connectivity index (χ3n) is 2.90. The van der Waals surface area contributed by atoms with Gasteiger partial charge in [0, 0.05) is 17.5 Å². The van der Waals surface area contributed by atoms with E-state index >= 15 is 0 Å². The zero-order valence-electron chi connectivity index (χ0n) is 8.85. The number of nitrogens with two attached hydrogens (primary N) is 1. The highest BCUT2D eigenvalue weighted by Gasteiger charge is 2.16. The fourth-order valence-electron chi connectivity index (χ4n) is 2.02.